The van der Waals surface area contributed by atoms with Crippen LogP contribution in [-0.2, 0) is 16.6 Å². The van der Waals surface area contributed by atoms with Crippen molar-refractivity contribution in [3.63, 3.8) is 0 Å². The van der Waals surface area contributed by atoms with E-state index in [1.165, 1.54) is 0 Å². The highest BCUT2D eigenvalue weighted by Crippen LogP contribution is 2.24. The molecule has 2 N–H and O–H groups in total. The molecule has 114 valence electrons. The van der Waals surface area contributed by atoms with Crippen LogP contribution in [0.1, 0.15) is 38.4 Å². The predicted octanol–water partition coefficient (Wildman–Crippen LogP) is 1.04. The molecule has 1 heterocycles. The van der Waals surface area contributed by atoms with E-state index in [9.17, 15) is 13.5 Å². The first-order valence-corrected chi connectivity index (χ1v) is 8.62. The molecule has 0 radical (unpaired) electrons. The molecule has 2 rings (SSSR count). The molecule has 1 aromatic rings. The highest BCUT2D eigenvalue weighted by molar-refractivity contribution is 7.89. The molecule has 1 aliphatic rings. The Bertz CT molecular complexity index is 553. The van der Waals surface area contributed by atoms with Gasteiger partial charge in [-0.2, -0.15) is 0 Å². The first-order chi connectivity index (χ1) is 9.42. The van der Waals surface area contributed by atoms with Crippen LogP contribution in [0.5, 0.6) is 0 Å². The van der Waals surface area contributed by atoms with Gasteiger partial charge in [0.05, 0.1) is 6.10 Å². The van der Waals surface area contributed by atoms with Crippen LogP contribution in [0.15, 0.2) is 11.2 Å². The fraction of sp³-hybridized carbons (Fsp3) is 0.769. The summed E-state index contributed by atoms with van der Waals surface area (Å²) in [5, 5.41) is 9.68. The van der Waals surface area contributed by atoms with E-state index in [1.54, 1.807) is 17.7 Å². The Morgan fingerprint density at radius 3 is 2.85 bits per heavy atom. The van der Waals surface area contributed by atoms with Gasteiger partial charge in [-0.15, -0.1) is 0 Å². The Morgan fingerprint density at radius 1 is 1.50 bits per heavy atom. The molecule has 0 saturated heterocycles. The zero-order valence-electron chi connectivity index (χ0n) is 12.0. The second-order valence-corrected chi connectivity index (χ2v) is 7.16. The van der Waals surface area contributed by atoms with E-state index >= 15 is 0 Å². The third-order valence-electron chi connectivity index (χ3n) is 3.89. The van der Waals surface area contributed by atoms with Gasteiger partial charge in [0.25, 0.3) is 10.0 Å². The quantitative estimate of drug-likeness (QED) is 0.851. The summed E-state index contributed by atoms with van der Waals surface area (Å²) >= 11 is 0. The highest BCUT2D eigenvalue weighted by atomic mass is 32.2. The standard InChI is InChI=1S/C13H23N3O3S/c1-3-16-9-13(15-10(16)2)20(18,19)14-8-11-5-4-6-12(17)7-11/h9,11-12,14,17H,3-8H2,1-2H3. The number of hydrogen-bond donors (Lipinski definition) is 2. The normalized spacial score (nSPS) is 23.9. The molecule has 1 fully saturated rings. The van der Waals surface area contributed by atoms with Gasteiger partial charge < -0.3 is 9.67 Å². The van der Waals surface area contributed by atoms with Crippen LogP contribution in [-0.4, -0.2) is 35.7 Å². The molecule has 1 saturated carbocycles. The average Bonchev–Trinajstić information content (AvgIpc) is 2.79. The Hall–Kier alpha value is -0.920. The molecule has 0 aromatic carbocycles. The number of imidazole rings is 1. The molecule has 20 heavy (non-hydrogen) atoms. The maximum Gasteiger partial charge on any atom is 0.259 e. The number of sulfonamides is 1. The fourth-order valence-electron chi connectivity index (χ4n) is 2.68. The van der Waals surface area contributed by atoms with Crippen molar-refractivity contribution < 1.29 is 13.5 Å². The minimum Gasteiger partial charge on any atom is -0.393 e. The van der Waals surface area contributed by atoms with Gasteiger partial charge in [-0.05, 0) is 39.0 Å². The lowest BCUT2D eigenvalue weighted by atomic mass is 9.87. The molecule has 6 nitrogen and oxygen atoms in total. The summed E-state index contributed by atoms with van der Waals surface area (Å²) in [4.78, 5) is 4.09. The molecule has 1 aliphatic carbocycles. The summed E-state index contributed by atoms with van der Waals surface area (Å²) in [6, 6.07) is 0. The molecule has 0 bridgehead atoms. The number of hydrogen-bond acceptors (Lipinski definition) is 4. The first-order valence-electron chi connectivity index (χ1n) is 7.14. The lowest BCUT2D eigenvalue weighted by Crippen LogP contribution is -2.33. The number of nitrogens with one attached hydrogen (secondary N) is 1. The van der Waals surface area contributed by atoms with Crippen LogP contribution in [0.3, 0.4) is 0 Å². The van der Waals surface area contributed by atoms with E-state index in [0.717, 1.165) is 19.3 Å². The summed E-state index contributed by atoms with van der Waals surface area (Å²) in [5.74, 6) is 0.906. The molecule has 0 aliphatic heterocycles. The van der Waals surface area contributed by atoms with Gasteiger partial charge in [0.15, 0.2) is 5.03 Å². The van der Waals surface area contributed by atoms with Gasteiger partial charge in [-0.25, -0.2) is 18.1 Å². The number of aromatic nitrogens is 2. The minimum absolute atomic E-state index is 0.0770. The molecule has 1 aromatic heterocycles. The number of rotatable bonds is 5. The predicted molar refractivity (Wildman–Crippen MR) is 75.8 cm³/mol. The van der Waals surface area contributed by atoms with Crippen molar-refractivity contribution in [2.45, 2.75) is 57.2 Å². The number of aliphatic hydroxyl groups excluding tert-OH is 1. The van der Waals surface area contributed by atoms with E-state index in [4.69, 9.17) is 0 Å². The van der Waals surface area contributed by atoms with Crippen LogP contribution < -0.4 is 4.72 Å². The van der Waals surface area contributed by atoms with Crippen molar-refractivity contribution in [3.8, 4) is 0 Å². The van der Waals surface area contributed by atoms with E-state index in [0.29, 0.717) is 25.3 Å². The van der Waals surface area contributed by atoms with Gasteiger partial charge in [-0.1, -0.05) is 6.42 Å². The third-order valence-corrected chi connectivity index (χ3v) is 5.18. The lowest BCUT2D eigenvalue weighted by molar-refractivity contribution is 0.102. The number of aryl methyl sites for hydroxylation is 2. The van der Waals surface area contributed by atoms with E-state index in [1.807, 2.05) is 6.92 Å². The lowest BCUT2D eigenvalue weighted by Gasteiger charge is -2.25. The summed E-state index contributed by atoms with van der Waals surface area (Å²) in [6.45, 7) is 4.81. The summed E-state index contributed by atoms with van der Waals surface area (Å²) in [7, 11) is -3.55. The number of nitrogens with zero attached hydrogens (tertiary/aromatic N) is 2. The summed E-state index contributed by atoms with van der Waals surface area (Å²) < 4.78 is 28.8. The van der Waals surface area contributed by atoms with Crippen molar-refractivity contribution in [2.75, 3.05) is 6.54 Å². The Balaban J connectivity index is 1.99. The molecule has 7 heteroatoms. The largest absolute Gasteiger partial charge is 0.393 e. The molecule has 2 atom stereocenters. The first kappa shape index (κ1) is 15.5. The molecule has 0 spiro atoms. The molecule has 2 unspecified atom stereocenters. The van der Waals surface area contributed by atoms with Crippen LogP contribution >= 0.6 is 0 Å². The monoisotopic (exact) mass is 301 g/mol. The third kappa shape index (κ3) is 3.59. The maximum absolute atomic E-state index is 12.2. The zero-order chi connectivity index (χ0) is 14.8. The van der Waals surface area contributed by atoms with E-state index < -0.39 is 10.0 Å². The van der Waals surface area contributed by atoms with E-state index in [-0.39, 0.29) is 17.0 Å². The maximum atomic E-state index is 12.2. The Labute approximate surface area is 120 Å². The van der Waals surface area contributed by atoms with Gasteiger partial charge >= 0.3 is 0 Å². The topological polar surface area (TPSA) is 84.2 Å². The Kier molecular flexibility index (Phi) is 4.82. The van der Waals surface area contributed by atoms with Crippen molar-refractivity contribution >= 4 is 10.0 Å². The molecule has 0 amide bonds. The van der Waals surface area contributed by atoms with Gasteiger partial charge in [0, 0.05) is 19.3 Å². The fourth-order valence-corrected chi connectivity index (χ4v) is 3.80. The highest BCUT2D eigenvalue weighted by Gasteiger charge is 2.24. The van der Waals surface area contributed by atoms with Crippen molar-refractivity contribution in [1.29, 1.82) is 0 Å². The second kappa shape index (κ2) is 6.24. The summed E-state index contributed by atoms with van der Waals surface area (Å²) in [5.41, 5.74) is 0. The van der Waals surface area contributed by atoms with Gasteiger partial charge in [-0.3, -0.25) is 0 Å². The SMILES string of the molecule is CCn1cc(S(=O)(=O)NCC2CCCC(O)C2)nc1C. The summed E-state index contributed by atoms with van der Waals surface area (Å²) in [6.07, 6.45) is 4.68. The molecular formula is C13H23N3O3S. The molecular weight excluding hydrogens is 278 g/mol. The zero-order valence-corrected chi connectivity index (χ0v) is 12.9. The van der Waals surface area contributed by atoms with Crippen molar-refractivity contribution in [2.24, 2.45) is 5.92 Å². The van der Waals surface area contributed by atoms with E-state index in [2.05, 4.69) is 9.71 Å². The van der Waals surface area contributed by atoms with Gasteiger partial charge in [0.2, 0.25) is 0 Å². The second-order valence-electron chi connectivity index (χ2n) is 5.45. The average molecular weight is 301 g/mol. The number of aliphatic hydroxyl groups is 1. The van der Waals surface area contributed by atoms with Crippen molar-refractivity contribution in [3.05, 3.63) is 12.0 Å². The van der Waals surface area contributed by atoms with Crippen molar-refractivity contribution in [1.82, 2.24) is 14.3 Å². The van der Waals surface area contributed by atoms with Crippen LogP contribution in [0.2, 0.25) is 0 Å². The Morgan fingerprint density at radius 2 is 2.25 bits per heavy atom. The van der Waals surface area contributed by atoms with Crippen LogP contribution in [0.4, 0.5) is 0 Å². The van der Waals surface area contributed by atoms with Crippen LogP contribution in [0, 0.1) is 12.8 Å². The van der Waals surface area contributed by atoms with Gasteiger partial charge in [0.1, 0.15) is 5.82 Å². The smallest absolute Gasteiger partial charge is 0.259 e. The van der Waals surface area contributed by atoms with Crippen LogP contribution in [0.25, 0.3) is 0 Å². The minimum atomic E-state index is -3.55.